The Hall–Kier alpha value is -2.55. The molecule has 3 heteroatoms. The van der Waals surface area contributed by atoms with Crippen molar-refractivity contribution in [1.29, 1.82) is 0 Å². The van der Waals surface area contributed by atoms with E-state index in [0.29, 0.717) is 5.75 Å². The standard InChI is InChI=1S/C17H16O3/c1-4-17(18)20-16-7-5-6-15(12(16)2)13-8-10-14(19-3)11-9-13/h4-11H,1H2,2-3H3. The maximum Gasteiger partial charge on any atom is 0.335 e. The zero-order valence-corrected chi connectivity index (χ0v) is 11.6. The third-order valence-electron chi connectivity index (χ3n) is 3.06. The Balaban J connectivity index is 2.38. The summed E-state index contributed by atoms with van der Waals surface area (Å²) in [6.45, 7) is 5.32. The molecule has 0 heterocycles. The van der Waals surface area contributed by atoms with Gasteiger partial charge in [0, 0.05) is 6.08 Å². The normalized spacial score (nSPS) is 9.90. The van der Waals surface area contributed by atoms with Crippen molar-refractivity contribution in [2.24, 2.45) is 0 Å². The Morgan fingerprint density at radius 2 is 1.85 bits per heavy atom. The van der Waals surface area contributed by atoms with Crippen molar-refractivity contribution in [3.8, 4) is 22.6 Å². The zero-order chi connectivity index (χ0) is 14.5. The van der Waals surface area contributed by atoms with E-state index in [1.807, 2.05) is 43.3 Å². The Labute approximate surface area is 118 Å². The molecule has 0 radical (unpaired) electrons. The first-order valence-corrected chi connectivity index (χ1v) is 6.24. The van der Waals surface area contributed by atoms with Crippen LogP contribution in [0, 0.1) is 6.92 Å². The number of hydrogen-bond acceptors (Lipinski definition) is 3. The van der Waals surface area contributed by atoms with E-state index in [1.54, 1.807) is 13.2 Å². The largest absolute Gasteiger partial charge is 0.497 e. The van der Waals surface area contributed by atoms with Gasteiger partial charge in [0.1, 0.15) is 11.5 Å². The SMILES string of the molecule is C=CC(=O)Oc1cccc(-c2ccc(OC)cc2)c1C. The molecule has 0 aliphatic heterocycles. The van der Waals surface area contributed by atoms with Gasteiger partial charge in [-0.1, -0.05) is 30.8 Å². The lowest BCUT2D eigenvalue weighted by atomic mass is 10.00. The van der Waals surface area contributed by atoms with E-state index in [-0.39, 0.29) is 0 Å². The summed E-state index contributed by atoms with van der Waals surface area (Å²) in [6.07, 6.45) is 1.15. The average molecular weight is 268 g/mol. The van der Waals surface area contributed by atoms with E-state index < -0.39 is 5.97 Å². The molecule has 0 unspecified atom stereocenters. The topological polar surface area (TPSA) is 35.5 Å². The minimum atomic E-state index is -0.458. The number of ether oxygens (including phenoxy) is 2. The van der Waals surface area contributed by atoms with E-state index in [4.69, 9.17) is 9.47 Å². The van der Waals surface area contributed by atoms with Crippen LogP contribution in [-0.2, 0) is 4.79 Å². The van der Waals surface area contributed by atoms with Crippen molar-refractivity contribution in [2.75, 3.05) is 7.11 Å². The lowest BCUT2D eigenvalue weighted by Gasteiger charge is -2.11. The number of esters is 1. The van der Waals surface area contributed by atoms with E-state index in [1.165, 1.54) is 0 Å². The molecular weight excluding hydrogens is 252 g/mol. The molecule has 0 aliphatic rings. The molecule has 102 valence electrons. The van der Waals surface area contributed by atoms with Gasteiger partial charge < -0.3 is 9.47 Å². The minimum absolute atomic E-state index is 0.458. The lowest BCUT2D eigenvalue weighted by Crippen LogP contribution is -2.04. The van der Waals surface area contributed by atoms with Gasteiger partial charge >= 0.3 is 5.97 Å². The first kappa shape index (κ1) is 13.9. The molecule has 20 heavy (non-hydrogen) atoms. The van der Waals surface area contributed by atoms with Gasteiger partial charge in [0.25, 0.3) is 0 Å². The second-order valence-electron chi connectivity index (χ2n) is 4.28. The van der Waals surface area contributed by atoms with Crippen molar-refractivity contribution in [2.45, 2.75) is 6.92 Å². The maximum atomic E-state index is 11.3. The minimum Gasteiger partial charge on any atom is -0.497 e. The Morgan fingerprint density at radius 1 is 1.15 bits per heavy atom. The van der Waals surface area contributed by atoms with Crippen LogP contribution in [0.3, 0.4) is 0 Å². The third-order valence-corrected chi connectivity index (χ3v) is 3.06. The van der Waals surface area contributed by atoms with Gasteiger partial charge in [-0.3, -0.25) is 0 Å². The van der Waals surface area contributed by atoms with Crippen LogP contribution in [0.1, 0.15) is 5.56 Å². The molecule has 0 saturated carbocycles. The summed E-state index contributed by atoms with van der Waals surface area (Å²) in [5, 5.41) is 0. The number of benzene rings is 2. The molecule has 2 rings (SSSR count). The van der Waals surface area contributed by atoms with Gasteiger partial charge in [-0.05, 0) is 41.8 Å². The van der Waals surface area contributed by atoms with Gasteiger partial charge in [-0.25, -0.2) is 4.79 Å². The van der Waals surface area contributed by atoms with Crippen LogP contribution in [-0.4, -0.2) is 13.1 Å². The first-order valence-electron chi connectivity index (χ1n) is 6.24. The molecule has 0 aliphatic carbocycles. The molecule has 0 saturated heterocycles. The van der Waals surface area contributed by atoms with Crippen LogP contribution in [0.5, 0.6) is 11.5 Å². The second-order valence-corrected chi connectivity index (χ2v) is 4.28. The Kier molecular flexibility index (Phi) is 4.20. The molecule has 0 N–H and O–H groups in total. The van der Waals surface area contributed by atoms with Crippen LogP contribution in [0.2, 0.25) is 0 Å². The highest BCUT2D eigenvalue weighted by atomic mass is 16.5. The van der Waals surface area contributed by atoms with E-state index >= 15 is 0 Å². The molecule has 0 aromatic heterocycles. The van der Waals surface area contributed by atoms with Crippen molar-refractivity contribution in [3.05, 3.63) is 60.7 Å². The van der Waals surface area contributed by atoms with E-state index in [2.05, 4.69) is 6.58 Å². The highest BCUT2D eigenvalue weighted by Crippen LogP contribution is 2.31. The van der Waals surface area contributed by atoms with Crippen molar-refractivity contribution < 1.29 is 14.3 Å². The zero-order valence-electron chi connectivity index (χ0n) is 11.6. The monoisotopic (exact) mass is 268 g/mol. The predicted molar refractivity (Wildman–Crippen MR) is 79.0 cm³/mol. The highest BCUT2D eigenvalue weighted by Gasteiger charge is 2.09. The second kappa shape index (κ2) is 6.06. The summed E-state index contributed by atoms with van der Waals surface area (Å²) in [7, 11) is 1.63. The molecule has 2 aromatic carbocycles. The molecule has 0 spiro atoms. The van der Waals surface area contributed by atoms with Crippen LogP contribution in [0.15, 0.2) is 55.1 Å². The van der Waals surface area contributed by atoms with Crippen LogP contribution in [0.4, 0.5) is 0 Å². The summed E-state index contributed by atoms with van der Waals surface area (Å²) in [5.41, 5.74) is 2.97. The highest BCUT2D eigenvalue weighted by molar-refractivity contribution is 5.84. The average Bonchev–Trinajstić information content (AvgIpc) is 2.49. The van der Waals surface area contributed by atoms with E-state index in [9.17, 15) is 4.79 Å². The Bertz CT molecular complexity index is 627. The van der Waals surface area contributed by atoms with Crippen molar-refractivity contribution >= 4 is 5.97 Å². The van der Waals surface area contributed by atoms with Crippen LogP contribution < -0.4 is 9.47 Å². The third kappa shape index (κ3) is 2.88. The number of methoxy groups -OCH3 is 1. The molecule has 0 amide bonds. The van der Waals surface area contributed by atoms with Gasteiger partial charge in [0.2, 0.25) is 0 Å². The molecule has 2 aromatic rings. The fourth-order valence-electron chi connectivity index (χ4n) is 1.96. The maximum absolute atomic E-state index is 11.3. The molecule has 0 fully saturated rings. The van der Waals surface area contributed by atoms with Crippen LogP contribution in [0.25, 0.3) is 11.1 Å². The summed E-state index contributed by atoms with van der Waals surface area (Å²) < 4.78 is 10.4. The van der Waals surface area contributed by atoms with Crippen molar-refractivity contribution in [3.63, 3.8) is 0 Å². The summed E-state index contributed by atoms with van der Waals surface area (Å²) >= 11 is 0. The van der Waals surface area contributed by atoms with Gasteiger partial charge in [-0.2, -0.15) is 0 Å². The first-order chi connectivity index (χ1) is 9.65. The van der Waals surface area contributed by atoms with Gasteiger partial charge in [0.15, 0.2) is 0 Å². The fraction of sp³-hybridized carbons (Fsp3) is 0.118. The number of carbonyl (C=O) groups is 1. The molecule has 0 atom stereocenters. The van der Waals surface area contributed by atoms with Crippen LogP contribution >= 0.6 is 0 Å². The van der Waals surface area contributed by atoms with E-state index in [0.717, 1.165) is 28.5 Å². The summed E-state index contributed by atoms with van der Waals surface area (Å²) in [5.74, 6) is 0.892. The smallest absolute Gasteiger partial charge is 0.335 e. The lowest BCUT2D eigenvalue weighted by molar-refractivity contribution is -0.129. The van der Waals surface area contributed by atoms with Crippen molar-refractivity contribution in [1.82, 2.24) is 0 Å². The Morgan fingerprint density at radius 3 is 2.45 bits per heavy atom. The molecular formula is C17H16O3. The van der Waals surface area contributed by atoms with Gasteiger partial charge in [-0.15, -0.1) is 0 Å². The number of carbonyl (C=O) groups excluding carboxylic acids is 1. The summed E-state index contributed by atoms with van der Waals surface area (Å²) in [6, 6.07) is 13.4. The predicted octanol–water partition coefficient (Wildman–Crippen LogP) is 3.76. The fourth-order valence-corrected chi connectivity index (χ4v) is 1.96. The number of rotatable bonds is 4. The quantitative estimate of drug-likeness (QED) is 0.481. The summed E-state index contributed by atoms with van der Waals surface area (Å²) in [4.78, 5) is 11.3. The molecule has 0 bridgehead atoms. The number of hydrogen-bond donors (Lipinski definition) is 0. The van der Waals surface area contributed by atoms with Gasteiger partial charge in [0.05, 0.1) is 7.11 Å². The molecule has 3 nitrogen and oxygen atoms in total.